The number of hydrogen-bond acceptors (Lipinski definition) is 4. The van der Waals surface area contributed by atoms with Crippen LogP contribution in [0.2, 0.25) is 0 Å². The van der Waals surface area contributed by atoms with Gasteiger partial charge in [-0.25, -0.2) is 0 Å². The van der Waals surface area contributed by atoms with Gasteiger partial charge in [-0.1, -0.05) is 30.3 Å². The molecular formula is C24H26N2O2. The molecule has 2 heterocycles. The molecule has 1 aliphatic carbocycles. The van der Waals surface area contributed by atoms with E-state index in [0.29, 0.717) is 23.4 Å². The van der Waals surface area contributed by atoms with Crippen LogP contribution in [0.5, 0.6) is 5.75 Å². The number of para-hydroxylation sites is 1. The van der Waals surface area contributed by atoms with Gasteiger partial charge in [-0.15, -0.1) is 0 Å². The van der Waals surface area contributed by atoms with Gasteiger partial charge in [0.05, 0.1) is 24.8 Å². The second kappa shape index (κ2) is 7.58. The average molecular weight is 374 g/mol. The highest BCUT2D eigenvalue weighted by Crippen LogP contribution is 2.48. The number of rotatable bonds is 6. The van der Waals surface area contributed by atoms with E-state index in [-0.39, 0.29) is 0 Å². The van der Waals surface area contributed by atoms with Crippen molar-refractivity contribution in [1.82, 2.24) is 4.90 Å². The topological polar surface area (TPSA) is 45.5 Å². The first kappa shape index (κ1) is 17.7. The maximum Gasteiger partial charge on any atom is 0.124 e. The van der Waals surface area contributed by atoms with Crippen molar-refractivity contribution in [3.63, 3.8) is 0 Å². The van der Waals surface area contributed by atoms with Crippen LogP contribution in [0.15, 0.2) is 48.5 Å². The minimum atomic E-state index is 0.370. The van der Waals surface area contributed by atoms with Gasteiger partial charge in [0.15, 0.2) is 0 Å². The molecule has 0 spiro atoms. The molecule has 5 rings (SSSR count). The Labute approximate surface area is 166 Å². The lowest BCUT2D eigenvalue weighted by atomic mass is 9.85. The van der Waals surface area contributed by atoms with E-state index in [1.165, 1.54) is 24.0 Å². The van der Waals surface area contributed by atoms with E-state index in [9.17, 15) is 0 Å². The molecule has 28 heavy (non-hydrogen) atoms. The second-order valence-electron chi connectivity index (χ2n) is 8.44. The van der Waals surface area contributed by atoms with Gasteiger partial charge in [-0.2, -0.15) is 5.26 Å². The summed E-state index contributed by atoms with van der Waals surface area (Å²) < 4.78 is 12.2. The lowest BCUT2D eigenvalue weighted by Gasteiger charge is -2.34. The molecule has 0 N–H and O–H groups in total. The molecule has 0 amide bonds. The molecule has 1 saturated heterocycles. The van der Waals surface area contributed by atoms with Gasteiger partial charge in [0.2, 0.25) is 0 Å². The maximum atomic E-state index is 9.05. The number of hydrogen-bond donors (Lipinski definition) is 0. The molecule has 1 saturated carbocycles. The quantitative estimate of drug-likeness (QED) is 0.761. The molecule has 4 heteroatoms. The molecule has 3 aliphatic rings. The van der Waals surface area contributed by atoms with E-state index in [4.69, 9.17) is 14.7 Å². The number of benzene rings is 2. The summed E-state index contributed by atoms with van der Waals surface area (Å²) in [5, 5.41) is 9.05. The van der Waals surface area contributed by atoms with Crippen molar-refractivity contribution >= 4 is 0 Å². The van der Waals surface area contributed by atoms with Crippen LogP contribution in [0.4, 0.5) is 0 Å². The summed E-state index contributed by atoms with van der Waals surface area (Å²) in [6, 6.07) is 19.0. The molecule has 2 fully saturated rings. The first-order chi connectivity index (χ1) is 13.8. The zero-order chi connectivity index (χ0) is 18.9. The van der Waals surface area contributed by atoms with Crippen molar-refractivity contribution in [2.75, 3.05) is 26.4 Å². The molecule has 0 bridgehead atoms. The van der Waals surface area contributed by atoms with Gasteiger partial charge >= 0.3 is 0 Å². The fourth-order valence-corrected chi connectivity index (χ4v) is 4.70. The van der Waals surface area contributed by atoms with Crippen molar-refractivity contribution in [2.45, 2.75) is 25.4 Å². The summed E-state index contributed by atoms with van der Waals surface area (Å²) in [4.78, 5) is 2.58. The van der Waals surface area contributed by atoms with Crippen LogP contribution in [-0.4, -0.2) is 31.3 Å². The summed E-state index contributed by atoms with van der Waals surface area (Å²) in [6.45, 7) is 4.43. The van der Waals surface area contributed by atoms with E-state index < -0.39 is 0 Å². The van der Waals surface area contributed by atoms with Crippen molar-refractivity contribution in [3.05, 3.63) is 65.2 Å². The normalized spacial score (nSPS) is 26.2. The van der Waals surface area contributed by atoms with Crippen LogP contribution in [0, 0.1) is 29.1 Å². The summed E-state index contributed by atoms with van der Waals surface area (Å²) >= 11 is 0. The minimum Gasteiger partial charge on any atom is -0.493 e. The summed E-state index contributed by atoms with van der Waals surface area (Å²) in [5.74, 6) is 2.78. The van der Waals surface area contributed by atoms with Crippen LogP contribution < -0.4 is 4.74 Å². The third-order valence-corrected chi connectivity index (χ3v) is 6.39. The molecule has 4 nitrogen and oxygen atoms in total. The van der Waals surface area contributed by atoms with Gasteiger partial charge in [-0.05, 0) is 42.5 Å². The number of likely N-dealkylation sites (tertiary alicyclic amines) is 1. The second-order valence-corrected chi connectivity index (χ2v) is 8.44. The van der Waals surface area contributed by atoms with E-state index in [1.54, 1.807) is 0 Å². The van der Waals surface area contributed by atoms with Gasteiger partial charge in [0, 0.05) is 43.1 Å². The Balaban J connectivity index is 1.37. The Bertz CT molecular complexity index is 869. The van der Waals surface area contributed by atoms with E-state index >= 15 is 0 Å². The van der Waals surface area contributed by atoms with Gasteiger partial charge < -0.3 is 9.47 Å². The van der Waals surface area contributed by atoms with Crippen LogP contribution >= 0.6 is 0 Å². The van der Waals surface area contributed by atoms with Crippen molar-refractivity contribution in [3.8, 4) is 11.8 Å². The zero-order valence-electron chi connectivity index (χ0n) is 16.1. The van der Waals surface area contributed by atoms with Crippen LogP contribution in [-0.2, 0) is 11.3 Å². The fourth-order valence-electron chi connectivity index (χ4n) is 4.70. The third kappa shape index (κ3) is 3.53. The predicted octanol–water partition coefficient (Wildman–Crippen LogP) is 4.17. The Morgan fingerprint density at radius 1 is 1.07 bits per heavy atom. The molecule has 2 aliphatic heterocycles. The van der Waals surface area contributed by atoms with Crippen molar-refractivity contribution in [2.24, 2.45) is 17.8 Å². The molecule has 0 aromatic heterocycles. The van der Waals surface area contributed by atoms with Gasteiger partial charge in [0.1, 0.15) is 5.75 Å². The summed E-state index contributed by atoms with van der Waals surface area (Å²) in [7, 11) is 0. The summed E-state index contributed by atoms with van der Waals surface area (Å²) in [6.07, 6.45) is 2.66. The maximum absolute atomic E-state index is 9.05. The number of fused-ring (bicyclic) bond motifs is 3. The molecule has 144 valence electrons. The Hall–Kier alpha value is -2.35. The SMILES string of the molecule is N#Cc1ccc(CN2C[C@@H](COCC3CC3)[C@@H]3COc4ccccc4[C@@H]32)cc1. The number of ether oxygens (including phenoxy) is 2. The highest BCUT2D eigenvalue weighted by Gasteiger charge is 2.46. The van der Waals surface area contributed by atoms with Crippen molar-refractivity contribution < 1.29 is 9.47 Å². The van der Waals surface area contributed by atoms with Crippen LogP contribution in [0.3, 0.4) is 0 Å². The average Bonchev–Trinajstić information content (AvgIpc) is 3.50. The highest BCUT2D eigenvalue weighted by molar-refractivity contribution is 5.39. The minimum absolute atomic E-state index is 0.370. The van der Waals surface area contributed by atoms with E-state index in [2.05, 4.69) is 47.4 Å². The monoisotopic (exact) mass is 374 g/mol. The lowest BCUT2D eigenvalue weighted by molar-refractivity contribution is 0.0641. The largest absolute Gasteiger partial charge is 0.493 e. The fraction of sp³-hybridized carbons (Fsp3) is 0.458. The van der Waals surface area contributed by atoms with Gasteiger partial charge in [-0.3, -0.25) is 4.90 Å². The Morgan fingerprint density at radius 3 is 2.68 bits per heavy atom. The first-order valence-corrected chi connectivity index (χ1v) is 10.3. The predicted molar refractivity (Wildman–Crippen MR) is 107 cm³/mol. The third-order valence-electron chi connectivity index (χ3n) is 6.39. The molecule has 2 aromatic carbocycles. The smallest absolute Gasteiger partial charge is 0.124 e. The Morgan fingerprint density at radius 2 is 1.89 bits per heavy atom. The molecular weight excluding hydrogens is 348 g/mol. The Kier molecular flexibility index (Phi) is 4.80. The lowest BCUT2D eigenvalue weighted by Crippen LogP contribution is -2.32. The van der Waals surface area contributed by atoms with Crippen molar-refractivity contribution in [1.29, 1.82) is 5.26 Å². The number of nitrogens with zero attached hydrogens (tertiary/aromatic N) is 2. The molecule has 3 atom stereocenters. The van der Waals surface area contributed by atoms with E-state index in [0.717, 1.165) is 44.6 Å². The number of nitriles is 1. The molecule has 2 aromatic rings. The molecule has 0 radical (unpaired) electrons. The zero-order valence-corrected chi connectivity index (χ0v) is 16.1. The van der Waals surface area contributed by atoms with Crippen LogP contribution in [0.25, 0.3) is 0 Å². The van der Waals surface area contributed by atoms with E-state index in [1.807, 2.05) is 12.1 Å². The standard InChI is InChI=1S/C24H26N2O2/c25-11-17-5-7-18(8-6-17)12-26-13-20(15-27-14-19-9-10-19)22-16-28-23-4-2-1-3-21(23)24(22)26/h1-8,19-20,22,24H,9-10,12-16H2/t20-,22-,24-/m0/s1. The summed E-state index contributed by atoms with van der Waals surface area (Å²) in [5.41, 5.74) is 3.27. The molecule has 0 unspecified atom stereocenters. The van der Waals surface area contributed by atoms with Crippen LogP contribution in [0.1, 0.15) is 35.6 Å². The highest BCUT2D eigenvalue weighted by atomic mass is 16.5. The first-order valence-electron chi connectivity index (χ1n) is 10.3. The van der Waals surface area contributed by atoms with Gasteiger partial charge in [0.25, 0.3) is 0 Å².